The van der Waals surface area contributed by atoms with Gasteiger partial charge in [0.25, 0.3) is 0 Å². The molecule has 0 aliphatic rings. The maximum Gasteiger partial charge on any atom is 0.205 e. The van der Waals surface area contributed by atoms with E-state index in [1.165, 1.54) is 0 Å². The molecular weight excluding hydrogens is 390 g/mol. The molecule has 0 aliphatic heterocycles. The van der Waals surface area contributed by atoms with Crippen LogP contribution in [0, 0.1) is 16.7 Å². The minimum Gasteiger partial charge on any atom is -0.408 e. The summed E-state index contributed by atoms with van der Waals surface area (Å²) in [5, 5.41) is 21.1. The molecule has 2 unspecified atom stereocenters. The highest BCUT2D eigenvalue weighted by Gasteiger charge is 2.37. The molecule has 7 heteroatoms. The number of benzene rings is 1. The van der Waals surface area contributed by atoms with Gasteiger partial charge in [0.15, 0.2) is 0 Å². The van der Waals surface area contributed by atoms with Crippen LogP contribution in [-0.2, 0) is 4.43 Å². The van der Waals surface area contributed by atoms with Crippen LogP contribution in [-0.4, -0.2) is 29.3 Å². The molecule has 151 valence electrons. The topological polar surface area (TPSA) is 71.1 Å². The van der Waals surface area contributed by atoms with Crippen LogP contribution in [0.1, 0.15) is 63.6 Å². The third-order valence-corrected chi connectivity index (χ3v) is 5.53. The Morgan fingerprint density at radius 3 is 2.39 bits per heavy atom. The number of rotatable bonds is 6. The van der Waals surface area contributed by atoms with Crippen LogP contribution in [0.2, 0.25) is 18.1 Å². The summed E-state index contributed by atoms with van der Waals surface area (Å²) in [5.41, 5.74) is 0.555. The van der Waals surface area contributed by atoms with Crippen molar-refractivity contribution in [2.24, 2.45) is 5.41 Å². The SMILES string of the molecule is C[Si](C)OC(c1cncn1C(c1cccc(Cl)c1C#N)C(C)(C)O)C(C)(C)C. The summed E-state index contributed by atoms with van der Waals surface area (Å²) in [6.07, 6.45) is 3.28. The van der Waals surface area contributed by atoms with Crippen molar-refractivity contribution in [1.29, 1.82) is 5.26 Å². The monoisotopic (exact) mass is 418 g/mol. The molecule has 1 aromatic carbocycles. The average molecular weight is 419 g/mol. The Morgan fingerprint density at radius 1 is 1.25 bits per heavy atom. The Hall–Kier alpha value is -1.65. The number of nitrogens with zero attached hydrogens (tertiary/aromatic N) is 3. The standard InChI is InChI=1S/C21H29ClN3O2Si/c1-20(2,3)19(27-28(6)7)17-12-24-13-25(17)18(21(4,5)26)14-9-8-10-16(22)15(14)11-23/h8-10,12-13,18-19,26H,1-7H3. The Bertz CT molecular complexity index is 860. The van der Waals surface area contributed by atoms with Crippen molar-refractivity contribution < 1.29 is 9.53 Å². The van der Waals surface area contributed by atoms with E-state index in [1.54, 1.807) is 38.5 Å². The number of hydrogen-bond acceptors (Lipinski definition) is 4. The van der Waals surface area contributed by atoms with Gasteiger partial charge >= 0.3 is 0 Å². The van der Waals surface area contributed by atoms with Gasteiger partial charge in [-0.05, 0) is 44.0 Å². The molecule has 28 heavy (non-hydrogen) atoms. The molecule has 0 amide bonds. The highest BCUT2D eigenvalue weighted by atomic mass is 35.5. The molecule has 0 spiro atoms. The molecular formula is C21H29ClN3O2Si. The van der Waals surface area contributed by atoms with Gasteiger partial charge in [-0.25, -0.2) is 4.98 Å². The summed E-state index contributed by atoms with van der Waals surface area (Å²) in [6.45, 7) is 14.0. The smallest absolute Gasteiger partial charge is 0.205 e. The molecule has 1 N–H and O–H groups in total. The number of imidazole rings is 1. The zero-order valence-electron chi connectivity index (χ0n) is 17.6. The van der Waals surface area contributed by atoms with Crippen molar-refractivity contribution in [2.75, 3.05) is 0 Å². The van der Waals surface area contributed by atoms with Crippen LogP contribution in [0.15, 0.2) is 30.7 Å². The van der Waals surface area contributed by atoms with E-state index in [0.29, 0.717) is 16.1 Å². The van der Waals surface area contributed by atoms with Gasteiger partial charge in [-0.1, -0.05) is 44.5 Å². The first-order valence-electron chi connectivity index (χ1n) is 9.27. The van der Waals surface area contributed by atoms with E-state index in [9.17, 15) is 10.4 Å². The minimum absolute atomic E-state index is 0.170. The molecule has 1 radical (unpaired) electrons. The van der Waals surface area contributed by atoms with E-state index in [0.717, 1.165) is 5.69 Å². The van der Waals surface area contributed by atoms with Gasteiger partial charge in [-0.3, -0.25) is 0 Å². The Balaban J connectivity index is 2.72. The zero-order valence-corrected chi connectivity index (χ0v) is 19.4. The normalized spacial score (nSPS) is 14.8. The summed E-state index contributed by atoms with van der Waals surface area (Å²) in [7, 11) is -0.978. The van der Waals surface area contributed by atoms with Crippen molar-refractivity contribution in [3.8, 4) is 6.07 Å². The van der Waals surface area contributed by atoms with E-state index in [1.807, 2.05) is 10.6 Å². The second-order valence-corrected chi connectivity index (χ2v) is 11.3. The quantitative estimate of drug-likeness (QED) is 0.660. The fourth-order valence-electron chi connectivity index (χ4n) is 3.41. The Morgan fingerprint density at radius 2 is 1.89 bits per heavy atom. The highest BCUT2D eigenvalue weighted by Crippen LogP contribution is 2.41. The van der Waals surface area contributed by atoms with Crippen LogP contribution in [0.4, 0.5) is 0 Å². The fourth-order valence-corrected chi connectivity index (χ4v) is 4.58. The van der Waals surface area contributed by atoms with E-state index in [2.05, 4.69) is 44.9 Å². The van der Waals surface area contributed by atoms with Crippen LogP contribution in [0.25, 0.3) is 0 Å². The average Bonchev–Trinajstić information content (AvgIpc) is 2.99. The van der Waals surface area contributed by atoms with E-state index in [-0.39, 0.29) is 11.5 Å². The van der Waals surface area contributed by atoms with Crippen molar-refractivity contribution in [2.45, 2.75) is 65.5 Å². The first kappa shape index (κ1) is 22.6. The summed E-state index contributed by atoms with van der Waals surface area (Å²) >= 11 is 6.28. The summed E-state index contributed by atoms with van der Waals surface area (Å²) in [4.78, 5) is 4.37. The molecule has 2 rings (SSSR count). The molecule has 5 nitrogen and oxygen atoms in total. The maximum absolute atomic E-state index is 11.1. The number of hydrogen-bond donors (Lipinski definition) is 1. The lowest BCUT2D eigenvalue weighted by molar-refractivity contribution is 0.0290. The highest BCUT2D eigenvalue weighted by molar-refractivity contribution is 6.48. The lowest BCUT2D eigenvalue weighted by Crippen LogP contribution is -2.37. The first-order chi connectivity index (χ1) is 12.9. The molecule has 0 aliphatic carbocycles. The Labute approximate surface area is 174 Å². The number of aliphatic hydroxyl groups is 1. The molecule has 1 aromatic heterocycles. The van der Waals surface area contributed by atoms with Gasteiger partial charge in [0.2, 0.25) is 9.04 Å². The molecule has 2 aromatic rings. The summed E-state index contributed by atoms with van der Waals surface area (Å²) in [6, 6.07) is 6.95. The van der Waals surface area contributed by atoms with Crippen LogP contribution >= 0.6 is 11.6 Å². The van der Waals surface area contributed by atoms with Gasteiger partial charge in [0.05, 0.1) is 46.6 Å². The molecule has 0 saturated carbocycles. The minimum atomic E-state index is -1.17. The van der Waals surface area contributed by atoms with Crippen LogP contribution < -0.4 is 0 Å². The largest absolute Gasteiger partial charge is 0.408 e. The second-order valence-electron chi connectivity index (χ2n) is 8.87. The van der Waals surface area contributed by atoms with E-state index < -0.39 is 20.7 Å². The lowest BCUT2D eigenvalue weighted by atomic mass is 9.85. The van der Waals surface area contributed by atoms with Crippen molar-refractivity contribution in [3.63, 3.8) is 0 Å². The second kappa shape index (κ2) is 8.38. The fraction of sp³-hybridized carbons (Fsp3) is 0.524. The molecule has 0 saturated heterocycles. The molecule has 2 atom stereocenters. The van der Waals surface area contributed by atoms with Gasteiger partial charge in [-0.15, -0.1) is 0 Å². The molecule has 0 bridgehead atoms. The Kier molecular flexibility index (Phi) is 6.77. The third kappa shape index (κ3) is 4.84. The van der Waals surface area contributed by atoms with Crippen molar-refractivity contribution in [3.05, 3.63) is 52.6 Å². The van der Waals surface area contributed by atoms with E-state index >= 15 is 0 Å². The van der Waals surface area contributed by atoms with Gasteiger partial charge in [-0.2, -0.15) is 5.26 Å². The number of nitriles is 1. The van der Waals surface area contributed by atoms with Gasteiger partial charge in [0.1, 0.15) is 6.07 Å². The third-order valence-electron chi connectivity index (χ3n) is 4.50. The zero-order chi connectivity index (χ0) is 21.3. The number of aromatic nitrogens is 2. The van der Waals surface area contributed by atoms with E-state index in [4.69, 9.17) is 16.0 Å². The number of halogens is 1. The van der Waals surface area contributed by atoms with Crippen LogP contribution in [0.3, 0.4) is 0 Å². The maximum atomic E-state index is 11.1. The van der Waals surface area contributed by atoms with Gasteiger partial charge < -0.3 is 14.1 Å². The molecule has 0 fully saturated rings. The van der Waals surface area contributed by atoms with Crippen LogP contribution in [0.5, 0.6) is 0 Å². The van der Waals surface area contributed by atoms with Gasteiger partial charge in [0, 0.05) is 0 Å². The van der Waals surface area contributed by atoms with Crippen molar-refractivity contribution in [1.82, 2.24) is 9.55 Å². The molecule has 1 heterocycles. The predicted molar refractivity (Wildman–Crippen MR) is 114 cm³/mol. The summed E-state index contributed by atoms with van der Waals surface area (Å²) < 4.78 is 8.27. The predicted octanol–water partition coefficient (Wildman–Crippen LogP) is 5.12. The van der Waals surface area contributed by atoms with Crippen molar-refractivity contribution >= 4 is 20.6 Å². The lowest BCUT2D eigenvalue weighted by Gasteiger charge is -2.37. The first-order valence-corrected chi connectivity index (χ1v) is 12.1. The summed E-state index contributed by atoms with van der Waals surface area (Å²) in [5.74, 6) is 0.